The first kappa shape index (κ1) is 12.5. The van der Waals surface area contributed by atoms with Gasteiger partial charge in [0.1, 0.15) is 5.75 Å². The summed E-state index contributed by atoms with van der Waals surface area (Å²) in [7, 11) is -5.83. The van der Waals surface area contributed by atoms with Crippen molar-refractivity contribution in [1.29, 1.82) is 0 Å². The SMILES string of the molecule is O=C(Oc1ccccc1)C(F)(F)S(=O)(=O)O. The molecule has 0 heterocycles. The smallest absolute Gasteiger partial charge is 0.421 e. The van der Waals surface area contributed by atoms with Crippen LogP contribution >= 0.6 is 0 Å². The first-order valence-corrected chi connectivity index (χ1v) is 5.31. The van der Waals surface area contributed by atoms with E-state index in [9.17, 15) is 22.0 Å². The monoisotopic (exact) mass is 252 g/mol. The summed E-state index contributed by atoms with van der Waals surface area (Å²) < 4.78 is 58.0. The maximum Gasteiger partial charge on any atom is 0.466 e. The van der Waals surface area contributed by atoms with Gasteiger partial charge in [-0.1, -0.05) is 18.2 Å². The molecule has 1 rings (SSSR count). The van der Waals surface area contributed by atoms with Gasteiger partial charge in [0.25, 0.3) is 0 Å². The van der Waals surface area contributed by atoms with E-state index in [1.165, 1.54) is 30.3 Å². The Morgan fingerprint density at radius 1 is 1.25 bits per heavy atom. The Labute approximate surface area is 89.4 Å². The Hall–Kier alpha value is -1.54. The molecule has 0 spiro atoms. The highest BCUT2D eigenvalue weighted by Gasteiger charge is 2.54. The molecule has 0 saturated carbocycles. The van der Waals surface area contributed by atoms with Crippen molar-refractivity contribution in [3.8, 4) is 5.75 Å². The first-order chi connectivity index (χ1) is 7.25. The third kappa shape index (κ3) is 2.52. The van der Waals surface area contributed by atoms with E-state index >= 15 is 0 Å². The van der Waals surface area contributed by atoms with E-state index in [1.54, 1.807) is 0 Å². The number of halogens is 2. The van der Waals surface area contributed by atoms with Gasteiger partial charge in [0, 0.05) is 0 Å². The van der Waals surface area contributed by atoms with Crippen molar-refractivity contribution >= 4 is 16.1 Å². The van der Waals surface area contributed by atoms with E-state index in [0.717, 1.165) is 0 Å². The lowest BCUT2D eigenvalue weighted by Gasteiger charge is -2.11. The molecule has 0 bridgehead atoms. The number of esters is 1. The average molecular weight is 252 g/mol. The van der Waals surface area contributed by atoms with E-state index in [1.807, 2.05) is 0 Å². The summed E-state index contributed by atoms with van der Waals surface area (Å²) in [6.07, 6.45) is 0. The van der Waals surface area contributed by atoms with Gasteiger partial charge in [0.2, 0.25) is 0 Å². The summed E-state index contributed by atoms with van der Waals surface area (Å²) in [5, 5.41) is -4.98. The van der Waals surface area contributed by atoms with Gasteiger partial charge in [-0.15, -0.1) is 0 Å². The number of ether oxygens (including phenoxy) is 1. The van der Waals surface area contributed by atoms with Gasteiger partial charge in [-0.2, -0.15) is 17.2 Å². The van der Waals surface area contributed by atoms with Crippen LogP contribution < -0.4 is 4.74 Å². The largest absolute Gasteiger partial charge is 0.466 e. The summed E-state index contributed by atoms with van der Waals surface area (Å²) in [6.45, 7) is 0. The number of carbonyl (C=O) groups is 1. The van der Waals surface area contributed by atoms with Gasteiger partial charge in [0.05, 0.1) is 0 Å². The van der Waals surface area contributed by atoms with Crippen molar-refractivity contribution in [2.24, 2.45) is 0 Å². The fraction of sp³-hybridized carbons (Fsp3) is 0.125. The van der Waals surface area contributed by atoms with Crippen LogP contribution in [0, 0.1) is 0 Å². The van der Waals surface area contributed by atoms with E-state index in [0.29, 0.717) is 0 Å². The van der Waals surface area contributed by atoms with Crippen LogP contribution in [0.25, 0.3) is 0 Å². The third-order valence-corrected chi connectivity index (χ3v) is 2.33. The first-order valence-electron chi connectivity index (χ1n) is 3.87. The van der Waals surface area contributed by atoms with Crippen LogP contribution in [0.15, 0.2) is 30.3 Å². The van der Waals surface area contributed by atoms with Crippen LogP contribution in [0.1, 0.15) is 0 Å². The zero-order valence-corrected chi connectivity index (χ0v) is 8.45. The number of carbonyl (C=O) groups excluding carboxylic acids is 1. The quantitative estimate of drug-likeness (QED) is 0.494. The molecule has 1 N–H and O–H groups in total. The lowest BCUT2D eigenvalue weighted by molar-refractivity contribution is -0.151. The minimum absolute atomic E-state index is 0.254. The van der Waals surface area contributed by atoms with Crippen molar-refractivity contribution in [2.45, 2.75) is 5.25 Å². The predicted molar refractivity (Wildman–Crippen MR) is 48.6 cm³/mol. The molecule has 5 nitrogen and oxygen atoms in total. The Bertz CT molecular complexity index is 482. The van der Waals surface area contributed by atoms with Crippen LogP contribution in [0.5, 0.6) is 5.75 Å². The Balaban J connectivity index is 2.90. The fourth-order valence-corrected chi connectivity index (χ4v) is 1.01. The van der Waals surface area contributed by atoms with Crippen LogP contribution in [0.3, 0.4) is 0 Å². The van der Waals surface area contributed by atoms with Gasteiger partial charge in [-0.25, -0.2) is 4.79 Å². The zero-order chi connectivity index (χ0) is 12.4. The summed E-state index contributed by atoms with van der Waals surface area (Å²) >= 11 is 0. The molecule has 0 saturated heterocycles. The predicted octanol–water partition coefficient (Wildman–Crippen LogP) is 1.07. The average Bonchev–Trinajstić information content (AvgIpc) is 2.17. The highest BCUT2D eigenvalue weighted by molar-refractivity contribution is 7.87. The summed E-state index contributed by atoms with van der Waals surface area (Å²) in [5.74, 6) is -2.61. The normalized spacial score (nSPS) is 12.2. The molecule has 1 aromatic carbocycles. The molecule has 0 aliphatic carbocycles. The highest BCUT2D eigenvalue weighted by Crippen LogP contribution is 2.23. The molecule has 16 heavy (non-hydrogen) atoms. The molecule has 0 aliphatic heterocycles. The third-order valence-electron chi connectivity index (χ3n) is 1.52. The maximum absolute atomic E-state index is 12.7. The molecule has 0 fully saturated rings. The second-order valence-electron chi connectivity index (χ2n) is 2.69. The van der Waals surface area contributed by atoms with Gasteiger partial charge in [-0.3, -0.25) is 4.55 Å². The zero-order valence-electron chi connectivity index (χ0n) is 7.63. The fourth-order valence-electron chi connectivity index (χ4n) is 0.760. The second-order valence-corrected chi connectivity index (χ2v) is 4.16. The Morgan fingerprint density at radius 3 is 2.19 bits per heavy atom. The molecule has 0 radical (unpaired) electrons. The van der Waals surface area contributed by atoms with Crippen LogP contribution in [0.4, 0.5) is 8.78 Å². The molecule has 0 atom stereocenters. The second kappa shape index (κ2) is 4.14. The van der Waals surface area contributed by atoms with Crippen LogP contribution in [0.2, 0.25) is 0 Å². The Morgan fingerprint density at radius 2 is 1.75 bits per heavy atom. The van der Waals surface area contributed by atoms with E-state index in [2.05, 4.69) is 4.74 Å². The van der Waals surface area contributed by atoms with Gasteiger partial charge in [-0.05, 0) is 12.1 Å². The molecule has 0 unspecified atom stereocenters. The highest BCUT2D eigenvalue weighted by atomic mass is 32.2. The summed E-state index contributed by atoms with van der Waals surface area (Å²) in [6, 6.07) is 6.69. The van der Waals surface area contributed by atoms with Crippen molar-refractivity contribution < 1.29 is 31.3 Å². The van der Waals surface area contributed by atoms with E-state index in [4.69, 9.17) is 4.55 Å². The van der Waals surface area contributed by atoms with E-state index < -0.39 is 21.3 Å². The molecule has 0 aliphatic rings. The van der Waals surface area contributed by atoms with Crippen molar-refractivity contribution in [3.63, 3.8) is 0 Å². The molecule has 0 aromatic heterocycles. The van der Waals surface area contributed by atoms with Gasteiger partial charge < -0.3 is 4.74 Å². The molecular formula is C8H6F2O5S. The van der Waals surface area contributed by atoms with Crippen molar-refractivity contribution in [3.05, 3.63) is 30.3 Å². The van der Waals surface area contributed by atoms with Crippen molar-refractivity contribution in [1.82, 2.24) is 0 Å². The summed E-state index contributed by atoms with van der Waals surface area (Å²) in [4.78, 5) is 10.8. The lowest BCUT2D eigenvalue weighted by atomic mass is 10.3. The minimum atomic E-state index is -5.83. The summed E-state index contributed by atoms with van der Waals surface area (Å²) in [5.41, 5.74) is 0. The lowest BCUT2D eigenvalue weighted by Crippen LogP contribution is -2.40. The van der Waals surface area contributed by atoms with Gasteiger partial charge in [0.15, 0.2) is 0 Å². The van der Waals surface area contributed by atoms with Crippen LogP contribution in [-0.2, 0) is 14.9 Å². The standard InChI is InChI=1S/C8H6F2O5S/c9-8(10,16(12,13)14)7(11)15-6-4-2-1-3-5-6/h1-5H,(H,12,13,14). The molecule has 1 aromatic rings. The number of para-hydroxylation sites is 1. The van der Waals surface area contributed by atoms with Gasteiger partial charge >= 0.3 is 21.3 Å². The molecular weight excluding hydrogens is 246 g/mol. The van der Waals surface area contributed by atoms with Crippen LogP contribution in [-0.4, -0.2) is 24.2 Å². The topological polar surface area (TPSA) is 80.7 Å². The molecule has 88 valence electrons. The maximum atomic E-state index is 12.7. The number of alkyl halides is 2. The number of rotatable bonds is 3. The number of benzene rings is 1. The number of hydrogen-bond donors (Lipinski definition) is 1. The number of hydrogen-bond acceptors (Lipinski definition) is 4. The van der Waals surface area contributed by atoms with Crippen molar-refractivity contribution in [2.75, 3.05) is 0 Å². The molecule has 8 heteroatoms. The minimum Gasteiger partial charge on any atom is -0.421 e. The Kier molecular flexibility index (Phi) is 3.24. The van der Waals surface area contributed by atoms with E-state index in [-0.39, 0.29) is 5.75 Å². The molecule has 0 amide bonds.